The molecule has 1 aromatic heterocycles. The summed E-state index contributed by atoms with van der Waals surface area (Å²) in [4.78, 5) is 4.35. The highest BCUT2D eigenvalue weighted by atomic mass is 16.3. The van der Waals surface area contributed by atoms with Gasteiger partial charge in [0.25, 0.3) is 0 Å². The van der Waals surface area contributed by atoms with Gasteiger partial charge in [0.1, 0.15) is 5.75 Å². The van der Waals surface area contributed by atoms with Crippen LogP contribution in [0.1, 0.15) is 44.0 Å². The van der Waals surface area contributed by atoms with E-state index in [-0.39, 0.29) is 17.9 Å². The lowest BCUT2D eigenvalue weighted by Gasteiger charge is -2.39. The molecule has 2 atom stereocenters. The lowest BCUT2D eigenvalue weighted by atomic mass is 9.77. The van der Waals surface area contributed by atoms with Crippen molar-refractivity contribution in [3.8, 4) is 5.75 Å². The van der Waals surface area contributed by atoms with Gasteiger partial charge in [-0.05, 0) is 37.8 Å². The van der Waals surface area contributed by atoms with Gasteiger partial charge >= 0.3 is 0 Å². The Morgan fingerprint density at radius 2 is 2.26 bits per heavy atom. The van der Waals surface area contributed by atoms with E-state index < -0.39 is 0 Å². The van der Waals surface area contributed by atoms with Crippen LogP contribution in [0.3, 0.4) is 0 Å². The van der Waals surface area contributed by atoms with Crippen molar-refractivity contribution < 1.29 is 10.2 Å². The Morgan fingerprint density at radius 3 is 2.95 bits per heavy atom. The number of aromatic nitrogens is 1. The first kappa shape index (κ1) is 14.3. The van der Waals surface area contributed by atoms with Gasteiger partial charge in [-0.15, -0.1) is 0 Å². The summed E-state index contributed by atoms with van der Waals surface area (Å²) in [5, 5.41) is 23.0. The highest BCUT2D eigenvalue weighted by molar-refractivity contribution is 5.27. The molecular weight excluding hydrogens is 240 g/mol. The third-order valence-electron chi connectivity index (χ3n) is 4.11. The Morgan fingerprint density at radius 1 is 1.47 bits per heavy atom. The van der Waals surface area contributed by atoms with E-state index in [9.17, 15) is 10.2 Å². The molecule has 0 saturated heterocycles. The molecule has 1 aliphatic carbocycles. The van der Waals surface area contributed by atoms with Crippen molar-refractivity contribution in [1.82, 2.24) is 10.3 Å². The van der Waals surface area contributed by atoms with Crippen LogP contribution in [0.4, 0.5) is 0 Å². The monoisotopic (exact) mass is 264 g/mol. The minimum atomic E-state index is -0.213. The molecule has 4 nitrogen and oxygen atoms in total. The van der Waals surface area contributed by atoms with Crippen LogP contribution in [0.5, 0.6) is 5.75 Å². The zero-order valence-electron chi connectivity index (χ0n) is 11.8. The molecule has 0 aliphatic heterocycles. The van der Waals surface area contributed by atoms with E-state index in [1.165, 1.54) is 6.42 Å². The summed E-state index contributed by atoms with van der Waals surface area (Å²) < 4.78 is 0. The molecule has 0 spiro atoms. The van der Waals surface area contributed by atoms with Gasteiger partial charge in [0, 0.05) is 17.8 Å². The van der Waals surface area contributed by atoms with E-state index in [1.807, 2.05) is 6.92 Å². The second kappa shape index (κ2) is 5.88. The number of aliphatic hydroxyl groups excluding tert-OH is 1. The largest absolute Gasteiger partial charge is 0.506 e. The molecule has 1 heterocycles. The van der Waals surface area contributed by atoms with E-state index in [1.54, 1.807) is 12.1 Å². The molecule has 1 aliphatic rings. The van der Waals surface area contributed by atoms with Crippen LogP contribution < -0.4 is 5.32 Å². The Bertz CT molecular complexity index is 436. The van der Waals surface area contributed by atoms with Gasteiger partial charge < -0.3 is 15.5 Å². The van der Waals surface area contributed by atoms with Gasteiger partial charge in [0.15, 0.2) is 0 Å². The van der Waals surface area contributed by atoms with Crippen molar-refractivity contribution in [2.24, 2.45) is 5.92 Å². The maximum Gasteiger partial charge on any atom is 0.138 e. The molecule has 0 aromatic carbocycles. The molecular formula is C15H24N2O2. The van der Waals surface area contributed by atoms with Crippen LogP contribution in [-0.2, 0) is 6.54 Å². The van der Waals surface area contributed by atoms with E-state index >= 15 is 0 Å². The van der Waals surface area contributed by atoms with Gasteiger partial charge in [-0.25, -0.2) is 0 Å². The maximum absolute atomic E-state index is 9.81. The fraction of sp³-hybridized carbons (Fsp3) is 0.667. The quantitative estimate of drug-likeness (QED) is 0.779. The number of aryl methyl sites for hydroxylation is 1. The average Bonchev–Trinajstić information content (AvgIpc) is 2.40. The first-order chi connectivity index (χ1) is 9.04. The number of hydrogen-bond acceptors (Lipinski definition) is 4. The fourth-order valence-electron chi connectivity index (χ4n) is 3.02. The van der Waals surface area contributed by atoms with Crippen molar-refractivity contribution in [2.45, 2.75) is 51.6 Å². The Labute approximate surface area is 114 Å². The predicted molar refractivity (Wildman–Crippen MR) is 74.9 cm³/mol. The van der Waals surface area contributed by atoms with E-state index in [4.69, 9.17) is 0 Å². The number of rotatable bonds is 4. The zero-order valence-corrected chi connectivity index (χ0v) is 11.8. The zero-order chi connectivity index (χ0) is 13.9. The summed E-state index contributed by atoms with van der Waals surface area (Å²) in [6.45, 7) is 4.78. The fourth-order valence-corrected chi connectivity index (χ4v) is 3.02. The van der Waals surface area contributed by atoms with Crippen molar-refractivity contribution in [3.63, 3.8) is 0 Å². The smallest absolute Gasteiger partial charge is 0.138 e. The molecule has 1 aromatic rings. The molecule has 0 radical (unpaired) electrons. The summed E-state index contributed by atoms with van der Waals surface area (Å²) in [5.41, 5.74) is 1.34. The number of hydrogen-bond donors (Lipinski definition) is 3. The molecule has 4 heteroatoms. The van der Waals surface area contributed by atoms with Gasteiger partial charge in [-0.1, -0.05) is 19.8 Å². The number of nitrogens with zero attached hydrogens (tertiary/aromatic N) is 1. The summed E-state index contributed by atoms with van der Waals surface area (Å²) in [6, 6.07) is 3.47. The topological polar surface area (TPSA) is 65.4 Å². The summed E-state index contributed by atoms with van der Waals surface area (Å²) >= 11 is 0. The van der Waals surface area contributed by atoms with E-state index in [0.29, 0.717) is 18.2 Å². The van der Waals surface area contributed by atoms with E-state index in [2.05, 4.69) is 17.2 Å². The Kier molecular flexibility index (Phi) is 4.42. The van der Waals surface area contributed by atoms with Crippen molar-refractivity contribution in [2.75, 3.05) is 6.61 Å². The summed E-state index contributed by atoms with van der Waals surface area (Å²) in [6.07, 6.45) is 4.34. The molecule has 3 N–H and O–H groups in total. The lowest BCUT2D eigenvalue weighted by molar-refractivity contribution is 0.0977. The molecule has 0 amide bonds. The highest BCUT2D eigenvalue weighted by Crippen LogP contribution is 2.32. The standard InChI is InChI=1S/C15H24N2O2/c1-11-4-3-7-15(8-11,10-18)16-9-13-14(19)6-5-12(2)17-13/h5-6,11,16,18-19H,3-4,7-10H2,1-2H3. The molecule has 2 unspecified atom stereocenters. The number of pyridine rings is 1. The van der Waals surface area contributed by atoms with Crippen molar-refractivity contribution in [1.29, 1.82) is 0 Å². The summed E-state index contributed by atoms with van der Waals surface area (Å²) in [7, 11) is 0. The van der Waals surface area contributed by atoms with Crippen molar-refractivity contribution in [3.05, 3.63) is 23.5 Å². The minimum absolute atomic E-state index is 0.143. The lowest BCUT2D eigenvalue weighted by Crippen LogP contribution is -2.51. The third-order valence-corrected chi connectivity index (χ3v) is 4.11. The molecule has 1 saturated carbocycles. The van der Waals surface area contributed by atoms with Gasteiger partial charge in [-0.2, -0.15) is 0 Å². The normalized spacial score (nSPS) is 27.4. The molecule has 0 bridgehead atoms. The van der Waals surface area contributed by atoms with Crippen LogP contribution in [0.15, 0.2) is 12.1 Å². The first-order valence-corrected chi connectivity index (χ1v) is 7.06. The van der Waals surface area contributed by atoms with E-state index in [0.717, 1.165) is 25.0 Å². The van der Waals surface area contributed by atoms with Gasteiger partial charge in [0.2, 0.25) is 0 Å². The molecule has 2 rings (SSSR count). The minimum Gasteiger partial charge on any atom is -0.506 e. The summed E-state index contributed by atoms with van der Waals surface area (Å²) in [5.74, 6) is 0.850. The van der Waals surface area contributed by atoms with Crippen LogP contribution in [0.25, 0.3) is 0 Å². The number of aliphatic hydroxyl groups is 1. The van der Waals surface area contributed by atoms with Crippen LogP contribution in [0, 0.1) is 12.8 Å². The van der Waals surface area contributed by atoms with Gasteiger partial charge in [0.05, 0.1) is 12.3 Å². The maximum atomic E-state index is 9.81. The average molecular weight is 264 g/mol. The van der Waals surface area contributed by atoms with Crippen LogP contribution in [0.2, 0.25) is 0 Å². The predicted octanol–water partition coefficient (Wildman–Crippen LogP) is 2.13. The molecule has 19 heavy (non-hydrogen) atoms. The van der Waals surface area contributed by atoms with Gasteiger partial charge in [-0.3, -0.25) is 4.98 Å². The van der Waals surface area contributed by atoms with Crippen molar-refractivity contribution >= 4 is 0 Å². The van der Waals surface area contributed by atoms with Crippen LogP contribution in [-0.4, -0.2) is 27.3 Å². The van der Waals surface area contributed by atoms with Crippen LogP contribution >= 0.6 is 0 Å². The molecule has 106 valence electrons. The molecule has 1 fully saturated rings. The number of aromatic hydroxyl groups is 1. The third kappa shape index (κ3) is 3.45. The SMILES string of the molecule is Cc1ccc(O)c(CNC2(CO)CCCC(C)C2)n1. The number of nitrogens with one attached hydrogen (secondary N) is 1. The highest BCUT2D eigenvalue weighted by Gasteiger charge is 2.34. The Hall–Kier alpha value is -1.13. The second-order valence-electron chi connectivity index (χ2n) is 5.91. The Balaban J connectivity index is 2.05. The first-order valence-electron chi connectivity index (χ1n) is 7.06. The second-order valence-corrected chi connectivity index (χ2v) is 5.91.